The maximum atomic E-state index is 3.33. The Labute approximate surface area is 114 Å². The van der Waals surface area contributed by atoms with Crippen LogP contribution in [0.4, 0.5) is 0 Å². The van der Waals surface area contributed by atoms with Crippen LogP contribution >= 0.6 is 0 Å². The third-order valence-electron chi connectivity index (χ3n) is 5.20. The van der Waals surface area contributed by atoms with Crippen LogP contribution in [0.3, 0.4) is 0 Å². The van der Waals surface area contributed by atoms with Gasteiger partial charge in [0.1, 0.15) is 0 Å². The largest absolute Gasteiger partial charge is 0.319 e. The average molecular weight is 252 g/mol. The van der Waals surface area contributed by atoms with Crippen molar-refractivity contribution in [1.29, 1.82) is 0 Å². The van der Waals surface area contributed by atoms with Gasteiger partial charge in [-0.3, -0.25) is 0 Å². The zero-order valence-corrected chi connectivity index (χ0v) is 12.7. The van der Waals surface area contributed by atoms with Gasteiger partial charge in [0.15, 0.2) is 0 Å². The maximum Gasteiger partial charge on any atom is 0.00954 e. The molecule has 0 radical (unpaired) electrons. The van der Waals surface area contributed by atoms with E-state index in [1.54, 1.807) is 0 Å². The average Bonchev–Trinajstić information content (AvgIpc) is 2.52. The van der Waals surface area contributed by atoms with Gasteiger partial charge in [0.05, 0.1) is 0 Å². The summed E-state index contributed by atoms with van der Waals surface area (Å²) in [6.07, 6.45) is 9.98. The first kappa shape index (κ1) is 14.3. The van der Waals surface area contributed by atoms with Crippen molar-refractivity contribution in [2.75, 3.05) is 26.7 Å². The number of hydrogen-bond donors (Lipinski definition) is 1. The molecule has 1 saturated carbocycles. The van der Waals surface area contributed by atoms with Crippen molar-refractivity contribution in [3.63, 3.8) is 0 Å². The van der Waals surface area contributed by atoms with E-state index in [4.69, 9.17) is 0 Å². The highest BCUT2D eigenvalue weighted by atomic mass is 15.2. The lowest BCUT2D eigenvalue weighted by Crippen LogP contribution is -2.42. The predicted octanol–water partition coefficient (Wildman–Crippen LogP) is 3.28. The van der Waals surface area contributed by atoms with Crippen molar-refractivity contribution in [3.8, 4) is 0 Å². The predicted molar refractivity (Wildman–Crippen MR) is 78.9 cm³/mol. The van der Waals surface area contributed by atoms with E-state index in [2.05, 4.69) is 31.1 Å². The summed E-state index contributed by atoms with van der Waals surface area (Å²) < 4.78 is 0. The van der Waals surface area contributed by atoms with Crippen LogP contribution in [0.1, 0.15) is 58.8 Å². The van der Waals surface area contributed by atoms with Crippen molar-refractivity contribution in [2.45, 2.75) is 64.8 Å². The Bertz CT molecular complexity index is 241. The zero-order chi connectivity index (χ0) is 13.0. The van der Waals surface area contributed by atoms with E-state index in [0.717, 1.165) is 12.0 Å². The number of rotatable bonds is 3. The second-order valence-electron chi connectivity index (χ2n) is 7.29. The van der Waals surface area contributed by atoms with Crippen LogP contribution in [0.25, 0.3) is 0 Å². The van der Waals surface area contributed by atoms with E-state index < -0.39 is 0 Å². The smallest absolute Gasteiger partial charge is 0.00954 e. The Kier molecular flexibility index (Phi) is 5.08. The second-order valence-corrected chi connectivity index (χ2v) is 7.29. The highest BCUT2D eigenvalue weighted by molar-refractivity contribution is 4.84. The van der Waals surface area contributed by atoms with Gasteiger partial charge in [0, 0.05) is 6.04 Å². The number of likely N-dealkylation sites (tertiary alicyclic amines) is 1. The van der Waals surface area contributed by atoms with Gasteiger partial charge >= 0.3 is 0 Å². The molecule has 1 aliphatic heterocycles. The molecule has 2 nitrogen and oxygen atoms in total. The van der Waals surface area contributed by atoms with Gasteiger partial charge in [-0.05, 0) is 76.5 Å². The van der Waals surface area contributed by atoms with Gasteiger partial charge in [-0.2, -0.15) is 0 Å². The standard InChI is InChI=1S/C16H32N2/c1-16(2)9-4-5-15(6-10-16)18-11-7-14(8-12-18)13-17-3/h14-15,17H,4-13H2,1-3H3. The van der Waals surface area contributed by atoms with Gasteiger partial charge in [-0.25, -0.2) is 0 Å². The number of nitrogens with one attached hydrogen (secondary N) is 1. The van der Waals surface area contributed by atoms with Crippen LogP contribution in [0.15, 0.2) is 0 Å². The van der Waals surface area contributed by atoms with Crippen molar-refractivity contribution in [3.05, 3.63) is 0 Å². The minimum absolute atomic E-state index is 0.596. The zero-order valence-electron chi connectivity index (χ0n) is 12.7. The quantitative estimate of drug-likeness (QED) is 0.776. The Balaban J connectivity index is 1.79. The highest BCUT2D eigenvalue weighted by Crippen LogP contribution is 2.36. The molecular formula is C16H32N2. The van der Waals surface area contributed by atoms with Crippen molar-refractivity contribution in [2.24, 2.45) is 11.3 Å². The maximum absolute atomic E-state index is 3.33. The number of nitrogens with zero attached hydrogens (tertiary/aromatic N) is 1. The Morgan fingerprint density at radius 2 is 1.78 bits per heavy atom. The van der Waals surface area contributed by atoms with Crippen molar-refractivity contribution in [1.82, 2.24) is 10.2 Å². The van der Waals surface area contributed by atoms with Gasteiger partial charge in [0.25, 0.3) is 0 Å². The second kappa shape index (κ2) is 6.38. The van der Waals surface area contributed by atoms with Crippen LogP contribution in [-0.2, 0) is 0 Å². The highest BCUT2D eigenvalue weighted by Gasteiger charge is 2.29. The molecule has 1 heterocycles. The van der Waals surface area contributed by atoms with E-state index in [9.17, 15) is 0 Å². The molecule has 1 N–H and O–H groups in total. The van der Waals surface area contributed by atoms with Crippen LogP contribution < -0.4 is 5.32 Å². The molecule has 0 aromatic carbocycles. The summed E-state index contributed by atoms with van der Waals surface area (Å²) >= 11 is 0. The molecule has 1 aliphatic carbocycles. The van der Waals surface area contributed by atoms with E-state index in [-0.39, 0.29) is 0 Å². The lowest BCUT2D eigenvalue weighted by molar-refractivity contribution is 0.119. The van der Waals surface area contributed by atoms with Gasteiger partial charge < -0.3 is 10.2 Å². The first-order chi connectivity index (χ1) is 8.61. The van der Waals surface area contributed by atoms with Crippen LogP contribution in [-0.4, -0.2) is 37.6 Å². The molecule has 0 bridgehead atoms. The van der Waals surface area contributed by atoms with E-state index in [0.29, 0.717) is 5.41 Å². The third-order valence-corrected chi connectivity index (χ3v) is 5.20. The molecule has 0 aromatic heterocycles. The summed E-state index contributed by atoms with van der Waals surface area (Å²) in [5.74, 6) is 0.925. The SMILES string of the molecule is CNCC1CCN(C2CCCC(C)(C)CC2)CC1. The monoisotopic (exact) mass is 252 g/mol. The summed E-state index contributed by atoms with van der Waals surface area (Å²) in [6, 6.07) is 0.891. The molecule has 1 unspecified atom stereocenters. The van der Waals surface area contributed by atoms with Gasteiger partial charge in [-0.15, -0.1) is 0 Å². The lowest BCUT2D eigenvalue weighted by Gasteiger charge is -2.37. The normalized spacial score (nSPS) is 31.2. The first-order valence-electron chi connectivity index (χ1n) is 7.99. The Morgan fingerprint density at radius 3 is 2.44 bits per heavy atom. The molecule has 0 aromatic rings. The Hall–Kier alpha value is -0.0800. The van der Waals surface area contributed by atoms with Gasteiger partial charge in [-0.1, -0.05) is 20.3 Å². The van der Waals surface area contributed by atoms with Gasteiger partial charge in [0.2, 0.25) is 0 Å². The summed E-state index contributed by atoms with van der Waals surface area (Å²) in [5.41, 5.74) is 0.596. The van der Waals surface area contributed by atoms with Crippen molar-refractivity contribution < 1.29 is 0 Å². The van der Waals surface area contributed by atoms with Crippen LogP contribution in [0, 0.1) is 11.3 Å². The molecule has 2 aliphatic rings. The molecule has 2 fully saturated rings. The summed E-state index contributed by atoms with van der Waals surface area (Å²) in [7, 11) is 2.08. The molecular weight excluding hydrogens is 220 g/mol. The molecule has 106 valence electrons. The third kappa shape index (κ3) is 3.96. The first-order valence-corrected chi connectivity index (χ1v) is 7.99. The molecule has 0 spiro atoms. The number of piperidine rings is 1. The molecule has 0 amide bonds. The minimum atomic E-state index is 0.596. The fraction of sp³-hybridized carbons (Fsp3) is 1.00. The summed E-state index contributed by atoms with van der Waals surface area (Å²) in [6.45, 7) is 8.81. The lowest BCUT2D eigenvalue weighted by atomic mass is 9.85. The van der Waals surface area contributed by atoms with Crippen LogP contribution in [0.5, 0.6) is 0 Å². The fourth-order valence-electron chi connectivity index (χ4n) is 3.82. The Morgan fingerprint density at radius 1 is 1.06 bits per heavy atom. The summed E-state index contributed by atoms with van der Waals surface area (Å²) in [5, 5.41) is 3.33. The van der Waals surface area contributed by atoms with Crippen LogP contribution in [0.2, 0.25) is 0 Å². The number of hydrogen-bond acceptors (Lipinski definition) is 2. The van der Waals surface area contributed by atoms with E-state index >= 15 is 0 Å². The van der Waals surface area contributed by atoms with E-state index in [1.165, 1.54) is 64.6 Å². The van der Waals surface area contributed by atoms with Crippen molar-refractivity contribution >= 4 is 0 Å². The molecule has 18 heavy (non-hydrogen) atoms. The topological polar surface area (TPSA) is 15.3 Å². The van der Waals surface area contributed by atoms with E-state index in [1.807, 2.05) is 0 Å². The minimum Gasteiger partial charge on any atom is -0.319 e. The molecule has 1 atom stereocenters. The molecule has 2 heteroatoms. The molecule has 2 rings (SSSR count). The summed E-state index contributed by atoms with van der Waals surface area (Å²) in [4.78, 5) is 2.80. The fourth-order valence-corrected chi connectivity index (χ4v) is 3.82. The molecule has 1 saturated heterocycles.